The molecule has 0 bridgehead atoms. The van der Waals surface area contributed by atoms with Crippen molar-refractivity contribution < 1.29 is 18.8 Å². The van der Waals surface area contributed by atoms with Crippen LogP contribution in [0.3, 0.4) is 0 Å². The van der Waals surface area contributed by atoms with Crippen molar-refractivity contribution in [3.63, 3.8) is 0 Å². The van der Waals surface area contributed by atoms with E-state index in [-0.39, 0.29) is 18.4 Å². The molecule has 1 fully saturated rings. The first kappa shape index (κ1) is 18.3. The van der Waals surface area contributed by atoms with Gasteiger partial charge in [0.1, 0.15) is 11.5 Å². The van der Waals surface area contributed by atoms with E-state index in [2.05, 4.69) is 10.5 Å². The first-order chi connectivity index (χ1) is 13.6. The van der Waals surface area contributed by atoms with E-state index in [9.17, 15) is 9.59 Å². The molecule has 8 heteroatoms. The molecule has 8 nitrogen and oxygen atoms in total. The molecule has 3 heterocycles. The van der Waals surface area contributed by atoms with E-state index in [0.29, 0.717) is 23.9 Å². The predicted octanol–water partition coefficient (Wildman–Crippen LogP) is 2.20. The minimum atomic E-state index is -0.616. The van der Waals surface area contributed by atoms with Crippen LogP contribution in [0.5, 0.6) is 5.75 Å². The quantitative estimate of drug-likeness (QED) is 0.870. The van der Waals surface area contributed by atoms with Gasteiger partial charge in [0.2, 0.25) is 5.91 Å². The molecule has 4 rings (SSSR count). The van der Waals surface area contributed by atoms with Crippen LogP contribution in [-0.2, 0) is 9.59 Å². The molecule has 28 heavy (non-hydrogen) atoms. The monoisotopic (exact) mass is 384 g/mol. The number of piperidine rings is 1. The third-order valence-corrected chi connectivity index (χ3v) is 5.03. The first-order valence-corrected chi connectivity index (χ1v) is 9.63. The van der Waals surface area contributed by atoms with Crippen LogP contribution in [0.25, 0.3) is 0 Å². The van der Waals surface area contributed by atoms with Crippen molar-refractivity contribution in [2.75, 3.05) is 36.4 Å². The van der Waals surface area contributed by atoms with Crippen molar-refractivity contribution in [2.24, 2.45) is 0 Å². The fourth-order valence-corrected chi connectivity index (χ4v) is 3.68. The maximum Gasteiger partial charge on any atom is 0.265 e. The van der Waals surface area contributed by atoms with Crippen LogP contribution in [0.2, 0.25) is 0 Å². The summed E-state index contributed by atoms with van der Waals surface area (Å²) >= 11 is 0. The van der Waals surface area contributed by atoms with Crippen molar-refractivity contribution in [3.8, 4) is 5.75 Å². The molecule has 1 saturated heterocycles. The highest BCUT2D eigenvalue weighted by molar-refractivity contribution is 5.94. The number of aryl methyl sites for hydroxylation is 1. The van der Waals surface area contributed by atoms with Gasteiger partial charge in [-0.15, -0.1) is 0 Å². The normalized spacial score (nSPS) is 19.0. The third-order valence-electron chi connectivity index (χ3n) is 5.03. The van der Waals surface area contributed by atoms with Crippen LogP contribution in [0, 0.1) is 6.92 Å². The molecule has 2 aliphatic rings. The number of likely N-dealkylation sites (tertiary alicyclic amines) is 1. The van der Waals surface area contributed by atoms with Crippen LogP contribution in [0.15, 0.2) is 34.9 Å². The number of amides is 2. The standard InChI is InChI=1S/C20H24N4O4/c1-14-11-18(22-28-14)21-19(25)13-24-12-17(20(26)23-9-5-2-6-10-23)27-16-8-4-3-7-15(16)24/h3-4,7-8,11,17H,2,5-6,9-10,12-13H2,1H3,(H,21,22,25)/t17-/m1/s1. The van der Waals surface area contributed by atoms with Crippen LogP contribution >= 0.6 is 0 Å². The second-order valence-electron chi connectivity index (χ2n) is 7.21. The summed E-state index contributed by atoms with van der Waals surface area (Å²) in [6.45, 7) is 3.73. The minimum Gasteiger partial charge on any atom is -0.477 e. The number of fused-ring (bicyclic) bond motifs is 1. The number of aromatic nitrogens is 1. The van der Waals surface area contributed by atoms with Gasteiger partial charge in [0.15, 0.2) is 11.9 Å². The largest absolute Gasteiger partial charge is 0.477 e. The van der Waals surface area contributed by atoms with Crippen molar-refractivity contribution in [3.05, 3.63) is 36.1 Å². The summed E-state index contributed by atoms with van der Waals surface area (Å²) in [5, 5.41) is 6.51. The van der Waals surface area contributed by atoms with E-state index in [1.54, 1.807) is 13.0 Å². The van der Waals surface area contributed by atoms with Crippen molar-refractivity contribution in [1.82, 2.24) is 10.1 Å². The van der Waals surface area contributed by atoms with Gasteiger partial charge < -0.3 is 24.4 Å². The second-order valence-corrected chi connectivity index (χ2v) is 7.21. The summed E-state index contributed by atoms with van der Waals surface area (Å²) in [5.41, 5.74) is 0.802. The van der Waals surface area contributed by atoms with Gasteiger partial charge in [-0.1, -0.05) is 17.3 Å². The summed E-state index contributed by atoms with van der Waals surface area (Å²) in [6.07, 6.45) is 2.60. The number of hydrogen-bond donors (Lipinski definition) is 1. The lowest BCUT2D eigenvalue weighted by molar-refractivity contribution is -0.139. The molecule has 1 aromatic carbocycles. The first-order valence-electron chi connectivity index (χ1n) is 9.63. The van der Waals surface area contributed by atoms with Gasteiger partial charge in [0.05, 0.1) is 18.8 Å². The Balaban J connectivity index is 1.48. The molecule has 0 spiro atoms. The Hall–Kier alpha value is -3.03. The average molecular weight is 384 g/mol. The zero-order valence-electron chi connectivity index (χ0n) is 15.9. The lowest BCUT2D eigenvalue weighted by atomic mass is 10.1. The number of para-hydroxylation sites is 2. The summed E-state index contributed by atoms with van der Waals surface area (Å²) in [4.78, 5) is 29.2. The predicted molar refractivity (Wildman–Crippen MR) is 103 cm³/mol. The maximum atomic E-state index is 12.9. The number of carbonyl (C=O) groups excluding carboxylic acids is 2. The number of nitrogens with zero attached hydrogens (tertiary/aromatic N) is 3. The van der Waals surface area contributed by atoms with E-state index >= 15 is 0 Å². The van der Waals surface area contributed by atoms with Gasteiger partial charge >= 0.3 is 0 Å². The lowest BCUT2D eigenvalue weighted by Gasteiger charge is -2.38. The number of carbonyl (C=O) groups is 2. The molecule has 1 atom stereocenters. The molecule has 148 valence electrons. The number of anilines is 2. The Kier molecular flexibility index (Phi) is 5.18. The Morgan fingerprint density at radius 2 is 2.00 bits per heavy atom. The molecule has 2 aromatic rings. The molecule has 0 radical (unpaired) electrons. The Bertz CT molecular complexity index is 859. The molecular weight excluding hydrogens is 360 g/mol. The molecule has 2 aliphatic heterocycles. The molecule has 0 saturated carbocycles. The SMILES string of the molecule is Cc1cc(NC(=O)CN2C[C@H](C(=O)N3CCCCC3)Oc3ccccc32)no1. The summed E-state index contributed by atoms with van der Waals surface area (Å²) in [5.74, 6) is 1.39. The fraction of sp³-hybridized carbons (Fsp3) is 0.450. The van der Waals surface area contributed by atoms with E-state index in [1.807, 2.05) is 34.1 Å². The zero-order chi connectivity index (χ0) is 19.5. The van der Waals surface area contributed by atoms with Crippen LogP contribution < -0.4 is 15.0 Å². The maximum absolute atomic E-state index is 12.9. The summed E-state index contributed by atoms with van der Waals surface area (Å²) in [6, 6.07) is 9.14. The molecule has 0 unspecified atom stereocenters. The number of benzene rings is 1. The smallest absolute Gasteiger partial charge is 0.265 e. The van der Waals surface area contributed by atoms with E-state index in [4.69, 9.17) is 9.26 Å². The lowest BCUT2D eigenvalue weighted by Crippen LogP contribution is -2.52. The molecule has 0 aliphatic carbocycles. The second kappa shape index (κ2) is 7.92. The van der Waals surface area contributed by atoms with Gasteiger partial charge in [-0.3, -0.25) is 9.59 Å². The topological polar surface area (TPSA) is 87.9 Å². The molecule has 2 amide bonds. The van der Waals surface area contributed by atoms with E-state index < -0.39 is 6.10 Å². The summed E-state index contributed by atoms with van der Waals surface area (Å²) in [7, 11) is 0. The van der Waals surface area contributed by atoms with Crippen LogP contribution in [0.1, 0.15) is 25.0 Å². The van der Waals surface area contributed by atoms with Crippen molar-refractivity contribution in [1.29, 1.82) is 0 Å². The zero-order valence-corrected chi connectivity index (χ0v) is 15.9. The summed E-state index contributed by atoms with van der Waals surface area (Å²) < 4.78 is 11.0. The van der Waals surface area contributed by atoms with E-state index in [0.717, 1.165) is 38.0 Å². The van der Waals surface area contributed by atoms with Gasteiger partial charge in [-0.2, -0.15) is 0 Å². The van der Waals surface area contributed by atoms with Gasteiger partial charge in [0.25, 0.3) is 5.91 Å². The Morgan fingerprint density at radius 1 is 1.21 bits per heavy atom. The number of nitrogens with one attached hydrogen (secondary N) is 1. The highest BCUT2D eigenvalue weighted by Gasteiger charge is 2.34. The van der Waals surface area contributed by atoms with Crippen molar-refractivity contribution >= 4 is 23.3 Å². The van der Waals surface area contributed by atoms with Gasteiger partial charge in [-0.05, 0) is 38.3 Å². The van der Waals surface area contributed by atoms with Gasteiger partial charge in [-0.25, -0.2) is 0 Å². The highest BCUT2D eigenvalue weighted by Crippen LogP contribution is 2.33. The van der Waals surface area contributed by atoms with Crippen LogP contribution in [0.4, 0.5) is 11.5 Å². The van der Waals surface area contributed by atoms with Crippen LogP contribution in [-0.4, -0.2) is 54.2 Å². The Labute approximate surface area is 163 Å². The average Bonchev–Trinajstić information content (AvgIpc) is 3.12. The van der Waals surface area contributed by atoms with Crippen molar-refractivity contribution in [2.45, 2.75) is 32.3 Å². The number of hydrogen-bond acceptors (Lipinski definition) is 6. The molecule has 1 N–H and O–H groups in total. The fourth-order valence-electron chi connectivity index (χ4n) is 3.68. The minimum absolute atomic E-state index is 0.00765. The van der Waals surface area contributed by atoms with E-state index in [1.165, 1.54) is 0 Å². The van der Waals surface area contributed by atoms with Gasteiger partial charge in [0, 0.05) is 19.2 Å². The highest BCUT2D eigenvalue weighted by atomic mass is 16.5. The Morgan fingerprint density at radius 3 is 2.75 bits per heavy atom. The third kappa shape index (κ3) is 3.95. The molecule has 1 aromatic heterocycles. The number of rotatable bonds is 4. The number of ether oxygens (including phenoxy) is 1. The molecular formula is C20H24N4O4.